The van der Waals surface area contributed by atoms with Gasteiger partial charge in [-0.15, -0.1) is 0 Å². The third-order valence-corrected chi connectivity index (χ3v) is 4.88. The second kappa shape index (κ2) is 7.54. The topological polar surface area (TPSA) is 72.2 Å². The Morgan fingerprint density at radius 2 is 1.95 bits per heavy atom. The van der Waals surface area contributed by atoms with Crippen molar-refractivity contribution in [3.05, 3.63) is 59.7 Å². The highest BCUT2D eigenvalue weighted by Crippen LogP contribution is 2.15. The lowest BCUT2D eigenvalue weighted by atomic mass is 10.0. The lowest BCUT2D eigenvalue weighted by Gasteiger charge is -2.14. The fourth-order valence-electron chi connectivity index (χ4n) is 2.23. The van der Waals surface area contributed by atoms with Crippen LogP contribution in [0.4, 0.5) is 0 Å². The first-order valence-corrected chi connectivity index (χ1v) is 8.83. The molecule has 2 rings (SSSR count). The predicted octanol–water partition coefficient (Wildman–Crippen LogP) is 2.27. The molecule has 0 spiro atoms. The molecule has 0 saturated carbocycles. The molecule has 0 fully saturated rings. The van der Waals surface area contributed by atoms with Gasteiger partial charge in [0.05, 0.1) is 5.75 Å². The third-order valence-electron chi connectivity index (χ3n) is 3.53. The van der Waals surface area contributed by atoms with E-state index in [1.807, 2.05) is 30.3 Å². The number of hydrogen-bond acceptors (Lipinski definition) is 3. The average molecular weight is 306 g/mol. The number of rotatable bonds is 7. The summed E-state index contributed by atoms with van der Waals surface area (Å²) in [5, 5.41) is 0. The predicted molar refractivity (Wildman–Crippen MR) is 86.2 cm³/mol. The Balaban J connectivity index is 1.80. The maximum atomic E-state index is 12.0. The van der Waals surface area contributed by atoms with Crippen LogP contribution in [0.5, 0.6) is 0 Å². The summed E-state index contributed by atoms with van der Waals surface area (Å²) in [6.45, 7) is 0.227. The van der Waals surface area contributed by atoms with E-state index in [0.29, 0.717) is 6.42 Å². The van der Waals surface area contributed by atoms with Gasteiger partial charge in [0.25, 0.3) is 0 Å². The van der Waals surface area contributed by atoms with E-state index in [9.17, 15) is 8.42 Å². The smallest absolute Gasteiger partial charge is 0.211 e. The second-order valence-electron chi connectivity index (χ2n) is 5.21. The van der Waals surface area contributed by atoms with Gasteiger partial charge in [-0.25, -0.2) is 13.1 Å². The first kappa shape index (κ1) is 15.9. The summed E-state index contributed by atoms with van der Waals surface area (Å²) >= 11 is 0. The lowest BCUT2D eigenvalue weighted by Crippen LogP contribution is -2.33. The molecule has 3 N–H and O–H groups in total. The number of benzene rings is 1. The Kier molecular flexibility index (Phi) is 5.73. The molecule has 0 saturated heterocycles. The first-order chi connectivity index (χ1) is 10.1. The first-order valence-electron chi connectivity index (χ1n) is 7.17. The van der Waals surface area contributed by atoms with Gasteiger partial charge in [0, 0.05) is 12.6 Å². The van der Waals surface area contributed by atoms with Crippen molar-refractivity contribution in [3.63, 3.8) is 0 Å². The molecular formula is C16H22N2O2S. The number of nitrogens with one attached hydrogen (secondary N) is 1. The molecule has 0 radical (unpaired) electrons. The van der Waals surface area contributed by atoms with Crippen LogP contribution in [-0.4, -0.2) is 20.7 Å². The van der Waals surface area contributed by atoms with Gasteiger partial charge < -0.3 is 5.73 Å². The van der Waals surface area contributed by atoms with Gasteiger partial charge in [-0.05, 0) is 24.8 Å². The highest BCUT2D eigenvalue weighted by Gasteiger charge is 2.14. The van der Waals surface area contributed by atoms with Crippen LogP contribution in [0.15, 0.2) is 54.1 Å². The Bertz CT molecular complexity index is 606. The molecule has 1 aromatic rings. The maximum Gasteiger partial charge on any atom is 0.211 e. The van der Waals surface area contributed by atoms with Crippen LogP contribution < -0.4 is 10.5 Å². The standard InChI is InChI=1S/C16H22N2O2S/c17-16(15-9-5-2-6-10-15)13-18-21(19,20)12-11-14-7-3-1-4-8-14/h1-3,5-6,8-10,16,18H,4,7,11-13,17H2/t16-/m1/s1. The minimum absolute atomic E-state index is 0.119. The molecule has 5 heteroatoms. The maximum absolute atomic E-state index is 12.0. The van der Waals surface area contributed by atoms with E-state index in [2.05, 4.69) is 23.0 Å². The lowest BCUT2D eigenvalue weighted by molar-refractivity contribution is 0.571. The summed E-state index contributed by atoms with van der Waals surface area (Å²) in [7, 11) is -3.28. The van der Waals surface area contributed by atoms with Crippen molar-refractivity contribution in [2.24, 2.45) is 5.73 Å². The Labute approximate surface area is 126 Å². The van der Waals surface area contributed by atoms with Gasteiger partial charge in [0.1, 0.15) is 0 Å². The van der Waals surface area contributed by atoms with Gasteiger partial charge in [-0.1, -0.05) is 54.1 Å². The molecule has 4 nitrogen and oxygen atoms in total. The van der Waals surface area contributed by atoms with E-state index in [-0.39, 0.29) is 18.3 Å². The van der Waals surface area contributed by atoms with Crippen molar-refractivity contribution in [3.8, 4) is 0 Å². The van der Waals surface area contributed by atoms with Crippen LogP contribution in [0.1, 0.15) is 30.9 Å². The zero-order valence-electron chi connectivity index (χ0n) is 12.0. The molecule has 0 heterocycles. The molecule has 1 aromatic carbocycles. The van der Waals surface area contributed by atoms with E-state index in [1.165, 1.54) is 5.57 Å². The second-order valence-corrected chi connectivity index (χ2v) is 7.13. The number of allylic oxidation sites excluding steroid dienone is 4. The average Bonchev–Trinajstić information content (AvgIpc) is 2.53. The van der Waals surface area contributed by atoms with Gasteiger partial charge in [0.15, 0.2) is 0 Å². The number of sulfonamides is 1. The molecular weight excluding hydrogens is 284 g/mol. The minimum atomic E-state index is -3.28. The molecule has 0 unspecified atom stereocenters. The van der Waals surface area contributed by atoms with Crippen molar-refractivity contribution in [2.75, 3.05) is 12.3 Å². The Morgan fingerprint density at radius 1 is 1.19 bits per heavy atom. The van der Waals surface area contributed by atoms with Gasteiger partial charge in [0.2, 0.25) is 10.0 Å². The van der Waals surface area contributed by atoms with Crippen molar-refractivity contribution in [2.45, 2.75) is 25.3 Å². The third kappa shape index (κ3) is 5.46. The summed E-state index contributed by atoms with van der Waals surface area (Å²) in [5.41, 5.74) is 8.11. The molecule has 21 heavy (non-hydrogen) atoms. The van der Waals surface area contributed by atoms with Crippen LogP contribution in [0, 0.1) is 0 Å². The van der Waals surface area contributed by atoms with E-state index < -0.39 is 10.0 Å². The quantitative estimate of drug-likeness (QED) is 0.759. The monoisotopic (exact) mass is 306 g/mol. The zero-order chi connectivity index (χ0) is 15.1. The van der Waals surface area contributed by atoms with Gasteiger partial charge >= 0.3 is 0 Å². The summed E-state index contributed by atoms with van der Waals surface area (Å²) in [6.07, 6.45) is 8.63. The van der Waals surface area contributed by atoms with Crippen LogP contribution >= 0.6 is 0 Å². The molecule has 0 aliphatic heterocycles. The van der Waals surface area contributed by atoms with E-state index in [4.69, 9.17) is 5.73 Å². The molecule has 114 valence electrons. The van der Waals surface area contributed by atoms with E-state index in [0.717, 1.165) is 18.4 Å². The molecule has 1 aliphatic rings. The molecule has 0 bridgehead atoms. The Morgan fingerprint density at radius 3 is 2.62 bits per heavy atom. The van der Waals surface area contributed by atoms with E-state index in [1.54, 1.807) is 0 Å². The number of nitrogens with two attached hydrogens (primary N) is 1. The Hall–Kier alpha value is -1.43. The fraction of sp³-hybridized carbons (Fsp3) is 0.375. The van der Waals surface area contributed by atoms with Gasteiger partial charge in [-0.3, -0.25) is 0 Å². The van der Waals surface area contributed by atoms with Crippen LogP contribution in [0.3, 0.4) is 0 Å². The van der Waals surface area contributed by atoms with Crippen molar-refractivity contribution < 1.29 is 8.42 Å². The minimum Gasteiger partial charge on any atom is -0.323 e. The summed E-state index contributed by atoms with van der Waals surface area (Å²) in [6, 6.07) is 9.18. The fourth-order valence-corrected chi connectivity index (χ4v) is 3.33. The van der Waals surface area contributed by atoms with Gasteiger partial charge in [-0.2, -0.15) is 0 Å². The van der Waals surface area contributed by atoms with Crippen molar-refractivity contribution in [1.29, 1.82) is 0 Å². The van der Waals surface area contributed by atoms with Crippen molar-refractivity contribution >= 4 is 10.0 Å². The number of hydrogen-bond donors (Lipinski definition) is 2. The van der Waals surface area contributed by atoms with Crippen LogP contribution in [-0.2, 0) is 10.0 Å². The van der Waals surface area contributed by atoms with Crippen molar-refractivity contribution in [1.82, 2.24) is 4.72 Å². The van der Waals surface area contributed by atoms with Crippen LogP contribution in [0.25, 0.3) is 0 Å². The zero-order valence-corrected chi connectivity index (χ0v) is 12.9. The molecule has 1 aliphatic carbocycles. The van der Waals surface area contributed by atoms with Crippen LogP contribution in [0.2, 0.25) is 0 Å². The molecule has 0 aromatic heterocycles. The highest BCUT2D eigenvalue weighted by atomic mass is 32.2. The normalized spacial score (nSPS) is 16.5. The highest BCUT2D eigenvalue weighted by molar-refractivity contribution is 7.89. The SMILES string of the molecule is N[C@H](CNS(=O)(=O)CCC1=CCC=CC1)c1ccccc1. The van der Waals surface area contributed by atoms with E-state index >= 15 is 0 Å². The summed E-state index contributed by atoms with van der Waals surface area (Å²) in [4.78, 5) is 0. The summed E-state index contributed by atoms with van der Waals surface area (Å²) < 4.78 is 26.6. The molecule has 0 amide bonds. The largest absolute Gasteiger partial charge is 0.323 e. The molecule has 1 atom stereocenters. The summed E-state index contributed by atoms with van der Waals surface area (Å²) in [5.74, 6) is 0.119.